The van der Waals surface area contributed by atoms with Crippen molar-refractivity contribution in [2.75, 3.05) is 24.3 Å². The lowest BCUT2D eigenvalue weighted by Gasteiger charge is -2.13. The highest BCUT2D eigenvalue weighted by Crippen LogP contribution is 2.30. The topological polar surface area (TPSA) is 93.4 Å². The first-order valence-electron chi connectivity index (χ1n) is 8.34. The van der Waals surface area contributed by atoms with Crippen LogP contribution >= 0.6 is 0 Å². The molecule has 0 heterocycles. The van der Waals surface area contributed by atoms with Crippen LogP contribution in [0.15, 0.2) is 48.5 Å². The van der Waals surface area contributed by atoms with E-state index in [9.17, 15) is 22.8 Å². The van der Waals surface area contributed by atoms with Crippen LogP contribution in [0.5, 0.6) is 0 Å². The lowest BCUT2D eigenvalue weighted by Crippen LogP contribution is -2.28. The number of carbonyl (C=O) groups is 2. The molecule has 0 aliphatic rings. The molecule has 0 fully saturated rings. The summed E-state index contributed by atoms with van der Waals surface area (Å²) in [5, 5.41) is 5.04. The highest BCUT2D eigenvalue weighted by Gasteiger charge is 2.30. The first-order valence-corrected chi connectivity index (χ1v) is 8.34. The van der Waals surface area contributed by atoms with Crippen molar-refractivity contribution in [1.82, 2.24) is 0 Å². The first kappa shape index (κ1) is 21.4. The molecule has 2 amide bonds. The minimum absolute atomic E-state index is 0.0140. The van der Waals surface area contributed by atoms with Gasteiger partial charge in [-0.3, -0.25) is 9.59 Å². The van der Waals surface area contributed by atoms with Gasteiger partial charge in [0.1, 0.15) is 0 Å². The number of hydrogen-bond donors (Lipinski definition) is 3. The third-order valence-electron chi connectivity index (χ3n) is 3.87. The molecule has 0 radical (unpaired) electrons. The van der Waals surface area contributed by atoms with E-state index in [0.717, 1.165) is 12.1 Å². The van der Waals surface area contributed by atoms with Crippen molar-refractivity contribution >= 4 is 23.2 Å². The van der Waals surface area contributed by atoms with Gasteiger partial charge in [0.25, 0.3) is 5.91 Å². The SMILES string of the molecule is COC(CN)CC(=O)Nc1cccc(C(=O)Nc2cccc(C(F)(F)F)c2)c1. The maximum absolute atomic E-state index is 12.8. The number of nitrogens with one attached hydrogen (secondary N) is 2. The number of methoxy groups -OCH3 is 1. The second kappa shape index (κ2) is 9.34. The van der Waals surface area contributed by atoms with Crippen LogP contribution in [-0.2, 0) is 15.7 Å². The quantitative estimate of drug-likeness (QED) is 0.671. The van der Waals surface area contributed by atoms with Crippen molar-refractivity contribution in [2.45, 2.75) is 18.7 Å². The third-order valence-corrected chi connectivity index (χ3v) is 3.87. The average Bonchev–Trinajstić information content (AvgIpc) is 2.65. The van der Waals surface area contributed by atoms with E-state index in [1.807, 2.05) is 0 Å². The number of rotatable bonds is 7. The van der Waals surface area contributed by atoms with Crippen molar-refractivity contribution in [3.63, 3.8) is 0 Å². The van der Waals surface area contributed by atoms with Crippen molar-refractivity contribution < 1.29 is 27.5 Å². The Morgan fingerprint density at radius 1 is 1.07 bits per heavy atom. The second-order valence-electron chi connectivity index (χ2n) is 5.96. The Hall–Kier alpha value is -2.91. The second-order valence-corrected chi connectivity index (χ2v) is 5.96. The number of anilines is 2. The molecule has 9 heteroatoms. The van der Waals surface area contributed by atoms with Gasteiger partial charge in [-0.15, -0.1) is 0 Å². The zero-order valence-corrected chi connectivity index (χ0v) is 15.0. The molecule has 4 N–H and O–H groups in total. The van der Waals surface area contributed by atoms with E-state index in [4.69, 9.17) is 10.5 Å². The molecule has 2 aromatic carbocycles. The van der Waals surface area contributed by atoms with Crippen LogP contribution in [0, 0.1) is 0 Å². The molecule has 0 bridgehead atoms. The molecule has 6 nitrogen and oxygen atoms in total. The molecule has 0 aliphatic carbocycles. The minimum atomic E-state index is -4.51. The standard InChI is InChI=1S/C19H20F3N3O3/c1-28-16(11-23)10-17(26)24-14-6-2-4-12(8-14)18(27)25-15-7-3-5-13(9-15)19(20,21)22/h2-9,16H,10-11,23H2,1H3,(H,24,26)(H,25,27). The maximum atomic E-state index is 12.8. The predicted octanol–water partition coefficient (Wildman–Crippen LogP) is 3.26. The van der Waals surface area contributed by atoms with Gasteiger partial charge in [0, 0.05) is 30.6 Å². The van der Waals surface area contributed by atoms with Crippen LogP contribution in [0.2, 0.25) is 0 Å². The molecule has 0 saturated carbocycles. The lowest BCUT2D eigenvalue weighted by atomic mass is 10.1. The van der Waals surface area contributed by atoms with Gasteiger partial charge < -0.3 is 21.1 Å². The van der Waals surface area contributed by atoms with Crippen LogP contribution in [0.3, 0.4) is 0 Å². The van der Waals surface area contributed by atoms with E-state index in [2.05, 4.69) is 10.6 Å². The third kappa shape index (κ3) is 6.07. The van der Waals surface area contributed by atoms with Crippen LogP contribution in [0.1, 0.15) is 22.3 Å². The van der Waals surface area contributed by atoms with Crippen molar-refractivity contribution in [3.05, 3.63) is 59.7 Å². The Balaban J connectivity index is 2.07. The Morgan fingerprint density at radius 3 is 2.32 bits per heavy atom. The fourth-order valence-corrected chi connectivity index (χ4v) is 2.40. The normalized spacial score (nSPS) is 12.3. The fourth-order valence-electron chi connectivity index (χ4n) is 2.40. The Labute approximate surface area is 159 Å². The van der Waals surface area contributed by atoms with E-state index < -0.39 is 23.8 Å². The number of carbonyl (C=O) groups excluding carboxylic acids is 2. The molecule has 0 aromatic heterocycles. The molecular weight excluding hydrogens is 375 g/mol. The number of alkyl halides is 3. The van der Waals surface area contributed by atoms with Gasteiger partial charge in [-0.05, 0) is 36.4 Å². The molecule has 0 spiro atoms. The summed E-state index contributed by atoms with van der Waals surface area (Å²) in [6, 6.07) is 10.4. The smallest absolute Gasteiger partial charge is 0.380 e. The van der Waals surface area contributed by atoms with E-state index in [1.165, 1.54) is 31.4 Å². The largest absolute Gasteiger partial charge is 0.416 e. The monoisotopic (exact) mass is 395 g/mol. The lowest BCUT2D eigenvalue weighted by molar-refractivity contribution is -0.137. The average molecular weight is 395 g/mol. The summed E-state index contributed by atoms with van der Waals surface area (Å²) >= 11 is 0. The van der Waals surface area contributed by atoms with E-state index in [1.54, 1.807) is 12.1 Å². The van der Waals surface area contributed by atoms with E-state index in [0.29, 0.717) is 5.69 Å². The highest BCUT2D eigenvalue weighted by molar-refractivity contribution is 6.05. The fraction of sp³-hybridized carbons (Fsp3) is 0.263. The number of nitrogens with two attached hydrogens (primary N) is 1. The van der Waals surface area contributed by atoms with Gasteiger partial charge in [0.05, 0.1) is 18.1 Å². The summed E-state index contributed by atoms with van der Waals surface area (Å²) in [5.74, 6) is -0.945. The van der Waals surface area contributed by atoms with E-state index in [-0.39, 0.29) is 30.1 Å². The Bertz CT molecular complexity index is 836. The summed E-state index contributed by atoms with van der Waals surface area (Å²) in [4.78, 5) is 24.3. The predicted molar refractivity (Wildman–Crippen MR) is 98.9 cm³/mol. The van der Waals surface area contributed by atoms with Gasteiger partial charge in [-0.2, -0.15) is 13.2 Å². The summed E-state index contributed by atoms with van der Waals surface area (Å²) in [6.07, 6.45) is -4.88. The van der Waals surface area contributed by atoms with Crippen molar-refractivity contribution in [3.8, 4) is 0 Å². The zero-order chi connectivity index (χ0) is 20.7. The first-order chi connectivity index (χ1) is 13.2. The van der Waals surface area contributed by atoms with Crippen LogP contribution in [0.4, 0.5) is 24.5 Å². The molecule has 2 rings (SSSR count). The molecule has 1 unspecified atom stereocenters. The molecule has 2 aromatic rings. The molecule has 28 heavy (non-hydrogen) atoms. The highest BCUT2D eigenvalue weighted by atomic mass is 19.4. The van der Waals surface area contributed by atoms with Gasteiger partial charge >= 0.3 is 6.18 Å². The molecule has 0 aliphatic heterocycles. The number of hydrogen-bond acceptors (Lipinski definition) is 4. The van der Waals surface area contributed by atoms with Gasteiger partial charge in [0.15, 0.2) is 0 Å². The number of amides is 2. The van der Waals surface area contributed by atoms with Crippen molar-refractivity contribution in [1.29, 1.82) is 0 Å². The molecule has 0 saturated heterocycles. The van der Waals surface area contributed by atoms with Gasteiger partial charge in [-0.25, -0.2) is 0 Å². The van der Waals surface area contributed by atoms with E-state index >= 15 is 0 Å². The molecule has 150 valence electrons. The number of ether oxygens (including phenoxy) is 1. The Morgan fingerprint density at radius 2 is 1.71 bits per heavy atom. The number of benzene rings is 2. The summed E-state index contributed by atoms with van der Waals surface area (Å²) in [6.45, 7) is 0.184. The zero-order valence-electron chi connectivity index (χ0n) is 15.0. The van der Waals surface area contributed by atoms with Crippen molar-refractivity contribution in [2.24, 2.45) is 5.73 Å². The maximum Gasteiger partial charge on any atom is 0.416 e. The van der Waals surface area contributed by atoms with Gasteiger partial charge in [0.2, 0.25) is 5.91 Å². The molecular formula is C19H20F3N3O3. The van der Waals surface area contributed by atoms with Gasteiger partial charge in [-0.1, -0.05) is 12.1 Å². The summed E-state index contributed by atoms with van der Waals surface area (Å²) in [5.41, 5.74) is 5.17. The Kier molecular flexibility index (Phi) is 7.13. The van der Waals surface area contributed by atoms with Crippen LogP contribution in [0.25, 0.3) is 0 Å². The number of halogens is 3. The van der Waals surface area contributed by atoms with Crippen LogP contribution < -0.4 is 16.4 Å². The minimum Gasteiger partial charge on any atom is -0.380 e. The van der Waals surface area contributed by atoms with Crippen LogP contribution in [-0.4, -0.2) is 31.6 Å². The summed E-state index contributed by atoms with van der Waals surface area (Å²) < 4.78 is 43.4. The molecule has 1 atom stereocenters. The summed E-state index contributed by atoms with van der Waals surface area (Å²) in [7, 11) is 1.45.